The van der Waals surface area contributed by atoms with E-state index in [1.165, 1.54) is 4.90 Å². The number of esters is 6. The maximum atomic E-state index is 14.2. The van der Waals surface area contributed by atoms with E-state index < -0.39 is 42.0 Å². The molecule has 2 aliphatic heterocycles. The third kappa shape index (κ3) is 37.7. The molecule has 17 nitrogen and oxygen atoms in total. The van der Waals surface area contributed by atoms with Crippen molar-refractivity contribution in [2.45, 2.75) is 271 Å². The summed E-state index contributed by atoms with van der Waals surface area (Å²) in [6, 6.07) is -1.43. The Morgan fingerprint density at radius 2 is 0.750 bits per heavy atom. The first-order valence-corrected chi connectivity index (χ1v) is 31.8. The number of hydrogen-bond donors (Lipinski definition) is 1. The van der Waals surface area contributed by atoms with Crippen LogP contribution in [0.4, 0.5) is 4.79 Å². The number of rotatable bonds is 48. The number of carbonyl (C=O) groups excluding carboxylic acids is 7. The summed E-state index contributed by atoms with van der Waals surface area (Å²) >= 11 is 0. The van der Waals surface area contributed by atoms with E-state index in [0.717, 1.165) is 142 Å². The van der Waals surface area contributed by atoms with Gasteiger partial charge in [0.05, 0.1) is 64.1 Å². The van der Waals surface area contributed by atoms with Crippen LogP contribution >= 0.6 is 0 Å². The molecule has 17 heteroatoms. The molecular formula is C63H110N2O15. The molecule has 0 radical (unpaired) electrons. The van der Waals surface area contributed by atoms with Crippen LogP contribution in [0, 0.1) is 11.8 Å². The molecule has 0 aliphatic carbocycles. The fourth-order valence-electron chi connectivity index (χ4n) is 9.92. The van der Waals surface area contributed by atoms with Gasteiger partial charge in [-0.2, -0.15) is 0 Å². The van der Waals surface area contributed by atoms with Gasteiger partial charge < -0.3 is 43.2 Å². The van der Waals surface area contributed by atoms with Crippen molar-refractivity contribution in [1.29, 1.82) is 0 Å². The van der Waals surface area contributed by atoms with Crippen LogP contribution in [0.2, 0.25) is 0 Å². The topological polar surface area (TPSA) is 211 Å². The highest BCUT2D eigenvalue weighted by atomic mass is 16.6. The monoisotopic (exact) mass is 1130 g/mol. The van der Waals surface area contributed by atoms with Gasteiger partial charge in [-0.25, -0.2) is 4.79 Å². The van der Waals surface area contributed by atoms with Gasteiger partial charge in [0.15, 0.2) is 0 Å². The molecule has 1 N–H and O–H groups in total. The molecule has 0 bridgehead atoms. The normalized spacial score (nSPS) is 15.9. The van der Waals surface area contributed by atoms with E-state index in [9.17, 15) is 38.7 Å². The third-order valence-corrected chi connectivity index (χ3v) is 15.0. The lowest BCUT2D eigenvalue weighted by Crippen LogP contribution is -2.51. The molecule has 0 spiro atoms. The number of nitrogens with zero attached hydrogens (tertiary/aromatic N) is 2. The predicted molar refractivity (Wildman–Crippen MR) is 309 cm³/mol. The zero-order valence-electron chi connectivity index (χ0n) is 50.4. The maximum Gasteiger partial charge on any atom is 0.410 e. The Bertz CT molecular complexity index is 1520. The molecule has 0 unspecified atom stereocenters. The van der Waals surface area contributed by atoms with E-state index in [1.54, 1.807) is 0 Å². The minimum Gasteiger partial charge on any atom is -0.465 e. The Hall–Kier alpha value is -4.25. The van der Waals surface area contributed by atoms with Gasteiger partial charge in [0.25, 0.3) is 0 Å². The van der Waals surface area contributed by atoms with Crippen molar-refractivity contribution in [3.63, 3.8) is 0 Å². The van der Waals surface area contributed by atoms with E-state index in [1.807, 2.05) is 12.2 Å². The van der Waals surface area contributed by atoms with Crippen molar-refractivity contribution in [2.24, 2.45) is 11.8 Å². The van der Waals surface area contributed by atoms with Crippen molar-refractivity contribution in [1.82, 2.24) is 9.80 Å². The van der Waals surface area contributed by atoms with Crippen molar-refractivity contribution in [2.75, 3.05) is 65.9 Å². The van der Waals surface area contributed by atoms with E-state index in [4.69, 9.17) is 33.2 Å². The highest BCUT2D eigenvalue weighted by Crippen LogP contribution is 2.23. The maximum absolute atomic E-state index is 14.2. The van der Waals surface area contributed by atoms with Crippen molar-refractivity contribution >= 4 is 41.9 Å². The average molecular weight is 1140 g/mol. The van der Waals surface area contributed by atoms with Crippen LogP contribution in [0.15, 0.2) is 12.2 Å². The Kier molecular flexibility index (Phi) is 43.4. The minimum atomic E-state index is -0.717. The van der Waals surface area contributed by atoms with Crippen LogP contribution in [-0.4, -0.2) is 141 Å². The number of unbranched alkanes of at least 4 members (excludes halogenated alkanes) is 20. The van der Waals surface area contributed by atoms with Crippen LogP contribution in [0.5, 0.6) is 0 Å². The van der Waals surface area contributed by atoms with E-state index >= 15 is 0 Å². The first-order chi connectivity index (χ1) is 38.9. The minimum absolute atomic E-state index is 0.106. The first-order valence-electron chi connectivity index (χ1n) is 31.8. The third-order valence-electron chi connectivity index (χ3n) is 15.0. The molecule has 2 atom stereocenters. The summed E-state index contributed by atoms with van der Waals surface area (Å²) in [5.41, 5.74) is 0. The van der Waals surface area contributed by atoms with Crippen LogP contribution < -0.4 is 0 Å². The zero-order valence-corrected chi connectivity index (χ0v) is 50.4. The molecule has 0 saturated carbocycles. The highest BCUT2D eigenvalue weighted by Gasteiger charge is 2.35. The SMILES string of the molecule is CCCCCCCCC(=O)OCC(COC(=O)CCCCCCCC)CC(=O)OC[C@@H]1CC=CC[C@@H](COC(=O)CC(COC(=O)CCCCCCCC)COC(=O)CCCCCCCC)N1C(=O)OCCCN1CCC(O)CC1. The number of aliphatic hydroxyl groups is 1. The molecule has 2 aliphatic rings. The summed E-state index contributed by atoms with van der Waals surface area (Å²) in [5.74, 6) is -4.08. The summed E-state index contributed by atoms with van der Waals surface area (Å²) in [6.07, 6.45) is 30.3. The standard InChI is InChI=1S/C63H110N2O15/c1-5-9-13-17-21-25-34-57(67)75-46-52(47-76-58(68)35-26-22-18-14-10-6-2)44-61(71)79-50-54-32-29-30-33-55(65(54)63(73)74-43-31-40-64-41-38-56(66)39-42-64)51-80-62(72)45-53(48-77-59(69)36-27-23-19-15-11-7-3)49-78-60(70)37-28-24-20-16-12-8-4/h29-30,52-56,66H,5-28,31-51H2,1-4H3/t54-,55-/m0/s1. The second-order valence-corrected chi connectivity index (χ2v) is 22.5. The molecule has 2 rings (SSSR count). The summed E-state index contributed by atoms with van der Waals surface area (Å²) in [5, 5.41) is 9.97. The fraction of sp³-hybridized carbons (Fsp3) is 0.857. The number of amides is 1. The van der Waals surface area contributed by atoms with Gasteiger partial charge in [-0.15, -0.1) is 0 Å². The average Bonchev–Trinajstić information content (AvgIpc) is 3.66. The Balaban J connectivity index is 2.20. The van der Waals surface area contributed by atoms with Crippen molar-refractivity contribution in [3.05, 3.63) is 12.2 Å². The molecule has 1 saturated heterocycles. The Morgan fingerprint density at radius 1 is 0.425 bits per heavy atom. The number of likely N-dealkylation sites (tertiary alicyclic amines) is 1. The fourth-order valence-corrected chi connectivity index (χ4v) is 9.92. The molecule has 0 aromatic rings. The number of carbonyl (C=O) groups is 7. The molecule has 2 heterocycles. The molecule has 0 aromatic heterocycles. The van der Waals surface area contributed by atoms with Crippen LogP contribution in [0.1, 0.15) is 252 Å². The van der Waals surface area contributed by atoms with Gasteiger partial charge in [-0.1, -0.05) is 168 Å². The molecule has 1 fully saturated rings. The second kappa shape index (κ2) is 48.3. The Morgan fingerprint density at radius 3 is 1.09 bits per heavy atom. The van der Waals surface area contributed by atoms with Crippen LogP contribution in [0.3, 0.4) is 0 Å². The predicted octanol–water partition coefficient (Wildman–Crippen LogP) is 12.6. The van der Waals surface area contributed by atoms with Gasteiger partial charge >= 0.3 is 41.9 Å². The summed E-state index contributed by atoms with van der Waals surface area (Å²) in [7, 11) is 0. The van der Waals surface area contributed by atoms with E-state index in [0.29, 0.717) is 64.3 Å². The first kappa shape index (κ1) is 71.9. The van der Waals surface area contributed by atoms with Gasteiger partial charge in [0.1, 0.15) is 13.2 Å². The lowest BCUT2D eigenvalue weighted by Gasteiger charge is -2.35. The lowest BCUT2D eigenvalue weighted by molar-refractivity contribution is -0.156. The number of hydrogen-bond acceptors (Lipinski definition) is 16. The number of piperidine rings is 1. The van der Waals surface area contributed by atoms with E-state index in [-0.39, 0.29) is 115 Å². The van der Waals surface area contributed by atoms with Gasteiger partial charge in [-0.05, 0) is 57.8 Å². The molecular weight excluding hydrogens is 1020 g/mol. The Labute approximate surface area is 482 Å². The zero-order chi connectivity index (χ0) is 58.3. The van der Waals surface area contributed by atoms with Crippen LogP contribution in [0.25, 0.3) is 0 Å². The summed E-state index contributed by atoms with van der Waals surface area (Å²) in [6.45, 7) is 9.93. The van der Waals surface area contributed by atoms with Gasteiger partial charge in [0.2, 0.25) is 0 Å². The molecule has 462 valence electrons. The van der Waals surface area contributed by atoms with E-state index in [2.05, 4.69) is 32.6 Å². The molecule has 1 amide bonds. The van der Waals surface area contributed by atoms with Crippen LogP contribution in [-0.2, 0) is 61.9 Å². The molecule has 80 heavy (non-hydrogen) atoms. The largest absolute Gasteiger partial charge is 0.465 e. The number of ether oxygens (including phenoxy) is 7. The van der Waals surface area contributed by atoms with Crippen molar-refractivity contribution < 1.29 is 71.8 Å². The smallest absolute Gasteiger partial charge is 0.410 e. The summed E-state index contributed by atoms with van der Waals surface area (Å²) in [4.78, 5) is 96.5. The lowest BCUT2D eigenvalue weighted by atomic mass is 10.1. The molecule has 0 aromatic carbocycles. The summed E-state index contributed by atoms with van der Waals surface area (Å²) < 4.78 is 40.2. The quantitative estimate of drug-likeness (QED) is 0.0260. The number of aliphatic hydroxyl groups excluding tert-OH is 1. The van der Waals surface area contributed by atoms with Gasteiger partial charge in [-0.3, -0.25) is 33.7 Å². The van der Waals surface area contributed by atoms with Crippen molar-refractivity contribution in [3.8, 4) is 0 Å². The highest BCUT2D eigenvalue weighted by molar-refractivity contribution is 5.73. The van der Waals surface area contributed by atoms with Gasteiger partial charge in [0, 0.05) is 57.2 Å². The second-order valence-electron chi connectivity index (χ2n) is 22.5.